The van der Waals surface area contributed by atoms with Gasteiger partial charge in [0.05, 0.1) is 0 Å². The largest absolute Gasteiger partial charge is 0.610 e. The summed E-state index contributed by atoms with van der Waals surface area (Å²) in [5, 5.41) is 6.24. The highest BCUT2D eigenvalue weighted by Crippen LogP contribution is 2.03. The lowest BCUT2D eigenvalue weighted by molar-refractivity contribution is 0.153. The van der Waals surface area contributed by atoms with E-state index in [0.29, 0.717) is 17.2 Å². The zero-order valence-electron chi connectivity index (χ0n) is 8.70. The Hall–Kier alpha value is -0.750. The van der Waals surface area contributed by atoms with Crippen molar-refractivity contribution in [2.24, 2.45) is 5.16 Å². The number of oxime groups is 1. The van der Waals surface area contributed by atoms with Crippen LogP contribution in [0.15, 0.2) is 5.16 Å². The van der Waals surface area contributed by atoms with Crippen LogP contribution in [0.1, 0.15) is 26.7 Å². The summed E-state index contributed by atoms with van der Waals surface area (Å²) in [6.45, 7) is 3.74. The van der Waals surface area contributed by atoms with Gasteiger partial charge in [-0.05, 0) is 18.5 Å². The molecule has 0 aliphatic carbocycles. The summed E-state index contributed by atoms with van der Waals surface area (Å²) in [7, 11) is 1.44. The number of nitrogens with one attached hydrogen (secondary N) is 1. The van der Waals surface area contributed by atoms with Crippen LogP contribution < -0.4 is 5.32 Å². The van der Waals surface area contributed by atoms with Crippen molar-refractivity contribution in [2.45, 2.75) is 26.7 Å². The predicted octanol–water partition coefficient (Wildman–Crippen LogP) is 1.22. The van der Waals surface area contributed by atoms with Gasteiger partial charge in [-0.3, -0.25) is 4.84 Å². The molecule has 0 aliphatic rings. The van der Waals surface area contributed by atoms with E-state index in [-0.39, 0.29) is 0 Å². The molecule has 0 bridgehead atoms. The van der Waals surface area contributed by atoms with Gasteiger partial charge in [-0.15, -0.1) is 0 Å². The van der Waals surface area contributed by atoms with E-state index in [1.165, 1.54) is 7.05 Å². The van der Waals surface area contributed by atoms with E-state index in [2.05, 4.69) is 15.3 Å². The van der Waals surface area contributed by atoms with Crippen molar-refractivity contribution in [3.63, 3.8) is 0 Å². The van der Waals surface area contributed by atoms with E-state index < -0.39 is 17.3 Å². The zero-order chi connectivity index (χ0) is 11.0. The van der Waals surface area contributed by atoms with Crippen LogP contribution in [-0.2, 0) is 16.0 Å². The molecule has 0 radical (unpaired) electrons. The molecule has 0 aliphatic heterocycles. The van der Waals surface area contributed by atoms with Crippen molar-refractivity contribution in [1.82, 2.24) is 5.32 Å². The minimum absolute atomic E-state index is 0.429. The fourth-order valence-electron chi connectivity index (χ4n) is 0.720. The van der Waals surface area contributed by atoms with Crippen molar-refractivity contribution < 1.29 is 14.2 Å². The summed E-state index contributed by atoms with van der Waals surface area (Å²) >= 11 is -1.14. The molecule has 0 heterocycles. The van der Waals surface area contributed by atoms with E-state index in [4.69, 9.17) is 0 Å². The Morgan fingerprint density at radius 3 is 2.64 bits per heavy atom. The van der Waals surface area contributed by atoms with Gasteiger partial charge >= 0.3 is 6.09 Å². The molecule has 1 unspecified atom stereocenters. The van der Waals surface area contributed by atoms with Crippen LogP contribution in [0.25, 0.3) is 0 Å². The second kappa shape index (κ2) is 7.64. The monoisotopic (exact) mass is 220 g/mol. The first-order valence-corrected chi connectivity index (χ1v) is 5.81. The molecule has 0 saturated carbocycles. The third-order valence-electron chi connectivity index (χ3n) is 1.42. The Bertz CT molecular complexity index is 209. The first-order valence-electron chi connectivity index (χ1n) is 4.49. The molecule has 14 heavy (non-hydrogen) atoms. The van der Waals surface area contributed by atoms with Gasteiger partial charge in [0.25, 0.3) is 5.04 Å². The normalized spacial score (nSPS) is 13.6. The maximum atomic E-state index is 11.4. The van der Waals surface area contributed by atoms with Crippen molar-refractivity contribution in [3.05, 3.63) is 0 Å². The zero-order valence-corrected chi connectivity index (χ0v) is 9.52. The quantitative estimate of drug-likeness (QED) is 0.254. The number of carbonyl (C=O) groups is 1. The summed E-state index contributed by atoms with van der Waals surface area (Å²) in [6, 6.07) is 0. The minimum atomic E-state index is -1.14. The molecule has 6 heteroatoms. The molecule has 1 atom stereocenters. The molecule has 82 valence electrons. The highest BCUT2D eigenvalue weighted by molar-refractivity contribution is 8.06. The lowest BCUT2D eigenvalue weighted by Gasteiger charge is -2.08. The van der Waals surface area contributed by atoms with Crippen LogP contribution >= 0.6 is 0 Å². The van der Waals surface area contributed by atoms with E-state index in [1.54, 1.807) is 6.92 Å². The van der Waals surface area contributed by atoms with Gasteiger partial charge in [0.2, 0.25) is 0 Å². The molecule has 5 nitrogen and oxygen atoms in total. The minimum Gasteiger partial charge on any atom is -0.610 e. The Morgan fingerprint density at radius 2 is 2.21 bits per heavy atom. The topological polar surface area (TPSA) is 73.8 Å². The first-order chi connectivity index (χ1) is 6.65. The molecular weight excluding hydrogens is 204 g/mol. The van der Waals surface area contributed by atoms with Gasteiger partial charge in [0, 0.05) is 24.6 Å². The molecule has 0 aromatic carbocycles. The van der Waals surface area contributed by atoms with Gasteiger partial charge < -0.3 is 9.87 Å². The van der Waals surface area contributed by atoms with Crippen molar-refractivity contribution >= 4 is 22.3 Å². The number of carbonyl (C=O) groups excluding carboxylic acids is 1. The average Bonchev–Trinajstić information content (AvgIpc) is 2.22. The van der Waals surface area contributed by atoms with Gasteiger partial charge in [0.1, 0.15) is 5.75 Å². The number of rotatable bonds is 4. The maximum Gasteiger partial charge on any atom is 0.433 e. The summed E-state index contributed by atoms with van der Waals surface area (Å²) < 4.78 is 11.4. The molecule has 1 N–H and O–H groups in total. The Morgan fingerprint density at radius 1 is 1.57 bits per heavy atom. The Balaban J connectivity index is 4.24. The van der Waals surface area contributed by atoms with Gasteiger partial charge in [-0.25, -0.2) is 4.79 Å². The van der Waals surface area contributed by atoms with E-state index in [9.17, 15) is 9.35 Å². The SMILES string of the molecule is CCCC(=NOC(=O)NC)[S+]([O-])CC. The number of nitrogens with zero attached hydrogens (tertiary/aromatic N) is 1. The number of hydrogen-bond acceptors (Lipinski definition) is 4. The fourth-order valence-corrected chi connectivity index (χ4v) is 1.60. The third-order valence-corrected chi connectivity index (χ3v) is 2.75. The second-order valence-electron chi connectivity index (χ2n) is 2.50. The summed E-state index contributed by atoms with van der Waals surface area (Å²) in [5.74, 6) is 0.482. The van der Waals surface area contributed by atoms with Crippen molar-refractivity contribution in [2.75, 3.05) is 12.8 Å². The summed E-state index contributed by atoms with van der Waals surface area (Å²) in [5.41, 5.74) is 0. The second-order valence-corrected chi connectivity index (χ2v) is 4.24. The van der Waals surface area contributed by atoms with Crippen LogP contribution in [0.4, 0.5) is 4.79 Å². The molecule has 0 fully saturated rings. The van der Waals surface area contributed by atoms with Crippen molar-refractivity contribution in [3.8, 4) is 0 Å². The summed E-state index contributed by atoms with van der Waals surface area (Å²) in [4.78, 5) is 15.2. The van der Waals surface area contributed by atoms with Crippen LogP contribution in [0.3, 0.4) is 0 Å². The highest BCUT2D eigenvalue weighted by Gasteiger charge is 2.14. The standard InChI is InChI=1S/C8H16N2O3S/c1-4-6-7(14(12)5-2)10-13-8(11)9-3/h4-6H2,1-3H3,(H,9,11). The summed E-state index contributed by atoms with van der Waals surface area (Å²) in [6.07, 6.45) is 0.755. The van der Waals surface area contributed by atoms with Crippen LogP contribution in [0.5, 0.6) is 0 Å². The smallest absolute Gasteiger partial charge is 0.433 e. The van der Waals surface area contributed by atoms with Crippen molar-refractivity contribution in [1.29, 1.82) is 0 Å². The van der Waals surface area contributed by atoms with Crippen LogP contribution in [0, 0.1) is 0 Å². The number of amides is 1. The lowest BCUT2D eigenvalue weighted by Crippen LogP contribution is -2.21. The Kier molecular flexibility index (Phi) is 7.23. The molecule has 0 aromatic heterocycles. The van der Waals surface area contributed by atoms with Crippen LogP contribution in [-0.4, -0.2) is 28.5 Å². The molecule has 1 amide bonds. The van der Waals surface area contributed by atoms with Gasteiger partial charge in [-0.2, -0.15) is 0 Å². The van der Waals surface area contributed by atoms with E-state index in [1.807, 2.05) is 6.92 Å². The molecule has 0 spiro atoms. The van der Waals surface area contributed by atoms with Gasteiger partial charge in [0.15, 0.2) is 0 Å². The van der Waals surface area contributed by atoms with E-state index >= 15 is 0 Å². The Labute approximate surface area is 87.1 Å². The molecule has 0 saturated heterocycles. The molecule has 0 rings (SSSR count). The first kappa shape index (κ1) is 13.2. The highest BCUT2D eigenvalue weighted by atomic mass is 32.2. The van der Waals surface area contributed by atoms with E-state index in [0.717, 1.165) is 6.42 Å². The number of hydrogen-bond donors (Lipinski definition) is 1. The molecule has 0 aromatic rings. The van der Waals surface area contributed by atoms with Crippen LogP contribution in [0.2, 0.25) is 0 Å². The maximum absolute atomic E-state index is 11.4. The average molecular weight is 220 g/mol. The predicted molar refractivity (Wildman–Crippen MR) is 56.6 cm³/mol. The van der Waals surface area contributed by atoms with Gasteiger partial charge in [-0.1, -0.05) is 6.92 Å². The molecular formula is C8H16N2O3S. The fraction of sp³-hybridized carbons (Fsp3) is 0.750. The lowest BCUT2D eigenvalue weighted by atomic mass is 10.4. The third kappa shape index (κ3) is 5.08.